The Bertz CT molecular complexity index is 946. The summed E-state index contributed by atoms with van der Waals surface area (Å²) < 4.78 is 69.2. The fourth-order valence-electron chi connectivity index (χ4n) is 2.15. The number of methoxy groups -OCH3 is 1. The van der Waals surface area contributed by atoms with Crippen molar-refractivity contribution in [2.45, 2.75) is 23.0 Å². The third-order valence-electron chi connectivity index (χ3n) is 3.63. The van der Waals surface area contributed by atoms with Crippen LogP contribution in [0.3, 0.4) is 0 Å². The molecule has 0 bridgehead atoms. The molecule has 28 heavy (non-hydrogen) atoms. The second-order valence-corrected chi connectivity index (χ2v) is 8.48. The summed E-state index contributed by atoms with van der Waals surface area (Å²) in [6.45, 7) is 1.68. The number of thioether (sulfide) groups is 1. The molecule has 0 aliphatic rings. The van der Waals surface area contributed by atoms with Crippen LogP contribution in [0, 0.1) is 6.92 Å². The number of pyridine rings is 1. The highest BCUT2D eigenvalue weighted by molar-refractivity contribution is 7.99. The van der Waals surface area contributed by atoms with Gasteiger partial charge in [-0.05, 0) is 36.8 Å². The lowest BCUT2D eigenvalue weighted by molar-refractivity contribution is -0.137. The summed E-state index contributed by atoms with van der Waals surface area (Å²) in [5, 5.41) is 0.343. The van der Waals surface area contributed by atoms with Gasteiger partial charge in [-0.3, -0.25) is 0 Å². The molecule has 0 radical (unpaired) electrons. The smallest absolute Gasteiger partial charge is 0.417 e. The molecule has 0 unspecified atom stereocenters. The van der Waals surface area contributed by atoms with Gasteiger partial charge in [-0.25, -0.2) is 22.9 Å². The van der Waals surface area contributed by atoms with E-state index >= 15 is 0 Å². The Labute approximate surface area is 164 Å². The first-order valence-electron chi connectivity index (χ1n) is 7.89. The summed E-state index contributed by atoms with van der Waals surface area (Å²) >= 11 is 1.11. The summed E-state index contributed by atoms with van der Waals surface area (Å²) in [5.41, 5.74) is -0.123. The molecule has 1 aromatic heterocycles. The maximum Gasteiger partial charge on any atom is 0.417 e. The summed E-state index contributed by atoms with van der Waals surface area (Å²) in [6.07, 6.45) is -3.73. The molecule has 0 fully saturated rings. The van der Waals surface area contributed by atoms with Crippen LogP contribution in [0.1, 0.15) is 21.5 Å². The maximum absolute atomic E-state index is 12.5. The Morgan fingerprint density at radius 1 is 1.25 bits per heavy atom. The number of esters is 1. The van der Waals surface area contributed by atoms with Gasteiger partial charge in [0.05, 0.1) is 28.2 Å². The highest BCUT2D eigenvalue weighted by Gasteiger charge is 2.30. The molecule has 0 amide bonds. The number of carbonyl (C=O) groups is 1. The summed E-state index contributed by atoms with van der Waals surface area (Å²) in [6, 6.07) is 6.25. The number of sulfonamides is 1. The number of nitrogens with zero attached hydrogens (tertiary/aromatic N) is 1. The first-order valence-corrected chi connectivity index (χ1v) is 10.4. The van der Waals surface area contributed by atoms with E-state index in [9.17, 15) is 26.4 Å². The average Bonchev–Trinajstić information content (AvgIpc) is 2.64. The standard InChI is InChI=1S/C17H17F3N2O4S2/c1-11-3-5-13(9-14(11)16(23)26-2)28(24,25)22-7-8-27-15-6-4-12(10-21-15)17(18,19)20/h3-6,9-10,22H,7-8H2,1-2H3. The zero-order valence-electron chi connectivity index (χ0n) is 14.9. The molecule has 0 spiro atoms. The van der Waals surface area contributed by atoms with Crippen molar-refractivity contribution in [2.24, 2.45) is 0 Å². The second kappa shape index (κ2) is 8.93. The minimum atomic E-state index is -4.46. The normalized spacial score (nSPS) is 12.0. The number of hydrogen-bond acceptors (Lipinski definition) is 6. The number of benzene rings is 1. The van der Waals surface area contributed by atoms with E-state index in [0.717, 1.165) is 24.0 Å². The monoisotopic (exact) mass is 434 g/mol. The molecule has 0 aliphatic carbocycles. The number of rotatable bonds is 7. The molecule has 0 saturated heterocycles. The third-order valence-corrected chi connectivity index (χ3v) is 6.04. The first-order chi connectivity index (χ1) is 13.0. The molecule has 0 aliphatic heterocycles. The molecule has 2 aromatic rings. The summed E-state index contributed by atoms with van der Waals surface area (Å²) in [7, 11) is -2.66. The number of nitrogens with one attached hydrogen (secondary N) is 1. The fraction of sp³-hybridized carbons (Fsp3) is 0.294. The molecule has 1 aromatic carbocycles. The molecule has 152 valence electrons. The van der Waals surface area contributed by atoms with Gasteiger partial charge >= 0.3 is 12.1 Å². The number of aryl methyl sites for hydroxylation is 1. The summed E-state index contributed by atoms with van der Waals surface area (Å²) in [4.78, 5) is 15.3. The summed E-state index contributed by atoms with van der Waals surface area (Å²) in [5.74, 6) is -0.383. The first kappa shape index (κ1) is 22.2. The van der Waals surface area contributed by atoms with Crippen molar-refractivity contribution in [1.29, 1.82) is 0 Å². The minimum absolute atomic E-state index is 0.0249. The van der Waals surface area contributed by atoms with Crippen molar-refractivity contribution >= 4 is 27.8 Å². The van der Waals surface area contributed by atoms with Crippen LogP contribution >= 0.6 is 11.8 Å². The second-order valence-electron chi connectivity index (χ2n) is 5.60. The van der Waals surface area contributed by atoms with E-state index < -0.39 is 27.7 Å². The quantitative estimate of drug-likeness (QED) is 0.409. The van der Waals surface area contributed by atoms with Crippen LogP contribution in [0.5, 0.6) is 0 Å². The molecule has 11 heteroatoms. The van der Waals surface area contributed by atoms with E-state index in [0.29, 0.717) is 10.6 Å². The van der Waals surface area contributed by atoms with E-state index in [2.05, 4.69) is 14.4 Å². The topological polar surface area (TPSA) is 85.4 Å². The molecule has 0 atom stereocenters. The van der Waals surface area contributed by atoms with Crippen LogP contribution in [-0.4, -0.2) is 38.8 Å². The fourth-order valence-corrected chi connectivity index (χ4v) is 4.04. The van der Waals surface area contributed by atoms with Gasteiger partial charge in [0.1, 0.15) is 0 Å². The molecule has 2 rings (SSSR count). The lowest BCUT2D eigenvalue weighted by Gasteiger charge is -2.10. The molecule has 0 saturated carbocycles. The molecule has 1 heterocycles. The highest BCUT2D eigenvalue weighted by atomic mass is 32.2. The number of ether oxygens (including phenoxy) is 1. The Morgan fingerprint density at radius 3 is 2.54 bits per heavy atom. The van der Waals surface area contributed by atoms with E-state index in [1.54, 1.807) is 6.92 Å². The van der Waals surface area contributed by atoms with Crippen molar-refractivity contribution in [3.63, 3.8) is 0 Å². The lowest BCUT2D eigenvalue weighted by Crippen LogP contribution is -2.26. The van der Waals surface area contributed by atoms with Crippen molar-refractivity contribution in [3.8, 4) is 0 Å². The van der Waals surface area contributed by atoms with Crippen LogP contribution in [0.2, 0.25) is 0 Å². The van der Waals surface area contributed by atoms with Gasteiger partial charge in [0, 0.05) is 18.5 Å². The highest BCUT2D eigenvalue weighted by Crippen LogP contribution is 2.29. The zero-order chi connectivity index (χ0) is 20.9. The molecular weight excluding hydrogens is 417 g/mol. The van der Waals surface area contributed by atoms with Crippen LogP contribution in [-0.2, 0) is 20.9 Å². The predicted octanol–water partition coefficient (Wildman–Crippen LogP) is 3.27. The van der Waals surface area contributed by atoms with Gasteiger partial charge in [0.25, 0.3) is 0 Å². The van der Waals surface area contributed by atoms with E-state index in [-0.39, 0.29) is 22.8 Å². The van der Waals surface area contributed by atoms with E-state index in [1.807, 2.05) is 0 Å². The van der Waals surface area contributed by atoms with Crippen molar-refractivity contribution in [1.82, 2.24) is 9.71 Å². The Hall–Kier alpha value is -2.11. The predicted molar refractivity (Wildman–Crippen MR) is 97.7 cm³/mol. The van der Waals surface area contributed by atoms with Crippen molar-refractivity contribution in [3.05, 3.63) is 53.2 Å². The third kappa shape index (κ3) is 5.69. The zero-order valence-corrected chi connectivity index (χ0v) is 16.5. The number of hydrogen-bond donors (Lipinski definition) is 1. The molecular formula is C17H17F3N2O4S2. The number of halogens is 3. The largest absolute Gasteiger partial charge is 0.465 e. The number of carbonyl (C=O) groups excluding carboxylic acids is 1. The van der Waals surface area contributed by atoms with Gasteiger partial charge in [-0.1, -0.05) is 6.07 Å². The van der Waals surface area contributed by atoms with Gasteiger partial charge < -0.3 is 4.74 Å². The van der Waals surface area contributed by atoms with Crippen molar-refractivity contribution in [2.75, 3.05) is 19.4 Å². The van der Waals surface area contributed by atoms with Gasteiger partial charge in [-0.15, -0.1) is 11.8 Å². The van der Waals surface area contributed by atoms with Crippen LogP contribution in [0.15, 0.2) is 46.5 Å². The Morgan fingerprint density at radius 2 is 1.96 bits per heavy atom. The van der Waals surface area contributed by atoms with Gasteiger partial charge in [-0.2, -0.15) is 13.2 Å². The van der Waals surface area contributed by atoms with Crippen LogP contribution < -0.4 is 4.72 Å². The van der Waals surface area contributed by atoms with Gasteiger partial charge in [0.2, 0.25) is 10.0 Å². The number of alkyl halides is 3. The van der Waals surface area contributed by atoms with Crippen molar-refractivity contribution < 1.29 is 31.1 Å². The Kier molecular flexibility index (Phi) is 7.07. The minimum Gasteiger partial charge on any atom is -0.465 e. The van der Waals surface area contributed by atoms with Crippen LogP contribution in [0.25, 0.3) is 0 Å². The SMILES string of the molecule is COC(=O)c1cc(S(=O)(=O)NCCSc2ccc(C(F)(F)F)cn2)ccc1C. The molecule has 6 nitrogen and oxygen atoms in total. The van der Waals surface area contributed by atoms with Gasteiger partial charge in [0.15, 0.2) is 0 Å². The Balaban J connectivity index is 1.96. The number of aromatic nitrogens is 1. The van der Waals surface area contributed by atoms with Crippen LogP contribution in [0.4, 0.5) is 13.2 Å². The lowest BCUT2D eigenvalue weighted by atomic mass is 10.1. The average molecular weight is 434 g/mol. The van der Waals surface area contributed by atoms with E-state index in [1.165, 1.54) is 31.4 Å². The maximum atomic E-state index is 12.5. The van der Waals surface area contributed by atoms with E-state index in [4.69, 9.17) is 0 Å². The molecule has 1 N–H and O–H groups in total.